The second-order valence-corrected chi connectivity index (χ2v) is 8.13. The van der Waals surface area contributed by atoms with E-state index in [-0.39, 0.29) is 11.9 Å². The number of para-hydroxylation sites is 1. The summed E-state index contributed by atoms with van der Waals surface area (Å²) in [7, 11) is 3.90. The molecule has 4 rings (SSSR count). The molecule has 7 heteroatoms. The topological polar surface area (TPSA) is 86.8 Å². The van der Waals surface area contributed by atoms with Crippen LogP contribution in [0.15, 0.2) is 61.1 Å². The van der Waals surface area contributed by atoms with Crippen LogP contribution in [0.2, 0.25) is 0 Å². The van der Waals surface area contributed by atoms with Gasteiger partial charge in [-0.3, -0.25) is 9.78 Å². The Labute approximate surface area is 187 Å². The molecule has 1 atom stereocenters. The second kappa shape index (κ2) is 9.60. The largest absolute Gasteiger partial charge is 0.363 e. The van der Waals surface area contributed by atoms with E-state index in [1.807, 2.05) is 62.4 Å². The monoisotopic (exact) mass is 428 g/mol. The lowest BCUT2D eigenvalue weighted by atomic mass is 10.0. The van der Waals surface area contributed by atoms with Crippen molar-refractivity contribution in [2.24, 2.45) is 0 Å². The van der Waals surface area contributed by atoms with Gasteiger partial charge in [0.05, 0.1) is 11.7 Å². The molecule has 2 N–H and O–H groups in total. The van der Waals surface area contributed by atoms with Crippen LogP contribution in [0.3, 0.4) is 0 Å². The summed E-state index contributed by atoms with van der Waals surface area (Å²) in [5.41, 5.74) is 4.13. The van der Waals surface area contributed by atoms with Crippen molar-refractivity contribution in [3.8, 4) is 0 Å². The molecule has 0 aliphatic rings. The average Bonchev–Trinajstić information content (AvgIpc) is 3.20. The fraction of sp³-hybridized carbons (Fsp3) is 0.280. The number of hydrogen-bond donors (Lipinski definition) is 2. The van der Waals surface area contributed by atoms with E-state index >= 15 is 0 Å². The van der Waals surface area contributed by atoms with Crippen LogP contribution in [-0.4, -0.2) is 39.9 Å². The van der Waals surface area contributed by atoms with E-state index in [4.69, 9.17) is 0 Å². The van der Waals surface area contributed by atoms with Gasteiger partial charge in [-0.2, -0.15) is 0 Å². The van der Waals surface area contributed by atoms with E-state index in [1.165, 1.54) is 0 Å². The fourth-order valence-electron chi connectivity index (χ4n) is 3.81. The molecular weight excluding hydrogens is 400 g/mol. The van der Waals surface area contributed by atoms with Crippen molar-refractivity contribution in [3.05, 3.63) is 83.7 Å². The zero-order chi connectivity index (χ0) is 22.5. The van der Waals surface area contributed by atoms with Crippen LogP contribution in [0.4, 0.5) is 5.82 Å². The van der Waals surface area contributed by atoms with Crippen molar-refractivity contribution in [2.45, 2.75) is 32.2 Å². The molecule has 0 bridgehead atoms. The molecule has 164 valence electrons. The van der Waals surface area contributed by atoms with Gasteiger partial charge in [0.2, 0.25) is 5.91 Å². The molecule has 0 aliphatic carbocycles. The molecule has 0 saturated heterocycles. The lowest BCUT2D eigenvalue weighted by molar-refractivity contribution is -0.121. The summed E-state index contributed by atoms with van der Waals surface area (Å²) in [5, 5.41) is 4.38. The van der Waals surface area contributed by atoms with Crippen molar-refractivity contribution >= 4 is 22.6 Å². The first-order valence-electron chi connectivity index (χ1n) is 10.8. The lowest BCUT2D eigenvalue weighted by Crippen LogP contribution is -2.31. The number of hydrogen-bond acceptors (Lipinski definition) is 5. The molecule has 3 aromatic heterocycles. The maximum atomic E-state index is 12.9. The smallest absolute Gasteiger partial charge is 0.220 e. The SMILES string of the molecule is Cc1nc(C(Cc2c[nH]c3ccccc23)NC(=O)CCc2ccncc2)cc(N(C)C)n1. The highest BCUT2D eigenvalue weighted by atomic mass is 16.1. The maximum Gasteiger partial charge on any atom is 0.220 e. The van der Waals surface area contributed by atoms with Gasteiger partial charge < -0.3 is 15.2 Å². The molecule has 4 aromatic rings. The third-order valence-electron chi connectivity index (χ3n) is 5.48. The molecule has 0 saturated carbocycles. The molecular formula is C25H28N6O. The average molecular weight is 429 g/mol. The molecule has 1 aromatic carbocycles. The van der Waals surface area contributed by atoms with Crippen LogP contribution in [-0.2, 0) is 17.6 Å². The molecule has 0 spiro atoms. The number of aromatic amines is 1. The number of rotatable bonds is 8. The van der Waals surface area contributed by atoms with E-state index in [0.29, 0.717) is 25.1 Å². The molecule has 0 radical (unpaired) electrons. The summed E-state index contributed by atoms with van der Waals surface area (Å²) in [4.78, 5) is 31.4. The predicted molar refractivity (Wildman–Crippen MR) is 127 cm³/mol. The molecule has 3 heterocycles. The van der Waals surface area contributed by atoms with Crippen LogP contribution in [0.5, 0.6) is 0 Å². The highest BCUT2D eigenvalue weighted by molar-refractivity contribution is 5.83. The van der Waals surface area contributed by atoms with E-state index in [1.54, 1.807) is 12.4 Å². The first kappa shape index (κ1) is 21.5. The summed E-state index contributed by atoms with van der Waals surface area (Å²) >= 11 is 0. The quantitative estimate of drug-likeness (QED) is 0.446. The number of aryl methyl sites for hydroxylation is 2. The Morgan fingerprint density at radius 3 is 2.69 bits per heavy atom. The zero-order valence-corrected chi connectivity index (χ0v) is 18.7. The summed E-state index contributed by atoms with van der Waals surface area (Å²) in [6.07, 6.45) is 7.22. The van der Waals surface area contributed by atoms with Crippen molar-refractivity contribution in [2.75, 3.05) is 19.0 Å². The maximum absolute atomic E-state index is 12.9. The first-order valence-corrected chi connectivity index (χ1v) is 10.8. The highest BCUT2D eigenvalue weighted by Gasteiger charge is 2.20. The number of fused-ring (bicyclic) bond motifs is 1. The van der Waals surface area contributed by atoms with Gasteiger partial charge in [-0.15, -0.1) is 0 Å². The number of aromatic nitrogens is 4. The molecule has 0 aliphatic heterocycles. The van der Waals surface area contributed by atoms with Gasteiger partial charge in [0.25, 0.3) is 0 Å². The number of H-pyrrole nitrogens is 1. The standard InChI is InChI=1S/C25H28N6O/c1-17-28-23(15-24(29-17)31(2)3)22(14-19-16-27-21-7-5-4-6-20(19)21)30-25(32)9-8-18-10-12-26-13-11-18/h4-7,10-13,15-16,22,27H,8-9,14H2,1-3H3,(H,30,32). The Hall–Kier alpha value is -3.74. The van der Waals surface area contributed by atoms with Crippen molar-refractivity contribution in [3.63, 3.8) is 0 Å². The number of benzene rings is 1. The number of carbonyl (C=O) groups excluding carboxylic acids is 1. The number of nitrogens with one attached hydrogen (secondary N) is 2. The Kier molecular flexibility index (Phi) is 6.44. The normalized spacial score (nSPS) is 12.0. The van der Waals surface area contributed by atoms with Crippen LogP contribution in [0, 0.1) is 6.92 Å². The summed E-state index contributed by atoms with van der Waals surface area (Å²) in [6.45, 7) is 1.88. The molecule has 1 unspecified atom stereocenters. The summed E-state index contributed by atoms with van der Waals surface area (Å²) < 4.78 is 0. The van der Waals surface area contributed by atoms with Gasteiger partial charge in [-0.25, -0.2) is 9.97 Å². The third-order valence-corrected chi connectivity index (χ3v) is 5.48. The minimum Gasteiger partial charge on any atom is -0.363 e. The van der Waals surface area contributed by atoms with Gasteiger partial charge >= 0.3 is 0 Å². The van der Waals surface area contributed by atoms with E-state index in [2.05, 4.69) is 37.4 Å². The minimum absolute atomic E-state index is 0.00526. The minimum atomic E-state index is -0.264. The van der Waals surface area contributed by atoms with Crippen molar-refractivity contribution < 1.29 is 4.79 Å². The number of pyridine rings is 1. The number of carbonyl (C=O) groups is 1. The Morgan fingerprint density at radius 1 is 1.12 bits per heavy atom. The van der Waals surface area contributed by atoms with Crippen LogP contribution in [0.1, 0.15) is 35.1 Å². The van der Waals surface area contributed by atoms with Gasteiger partial charge in [0, 0.05) is 62.5 Å². The van der Waals surface area contributed by atoms with Crippen molar-refractivity contribution in [1.82, 2.24) is 25.3 Å². The highest BCUT2D eigenvalue weighted by Crippen LogP contribution is 2.25. The van der Waals surface area contributed by atoms with Gasteiger partial charge in [0.1, 0.15) is 11.6 Å². The number of nitrogens with zero attached hydrogens (tertiary/aromatic N) is 4. The third kappa shape index (κ3) is 5.11. The van der Waals surface area contributed by atoms with E-state index in [9.17, 15) is 4.79 Å². The van der Waals surface area contributed by atoms with Gasteiger partial charge in [0.15, 0.2) is 0 Å². The van der Waals surface area contributed by atoms with Crippen LogP contribution >= 0.6 is 0 Å². The number of anilines is 1. The van der Waals surface area contributed by atoms with E-state index < -0.39 is 0 Å². The second-order valence-electron chi connectivity index (χ2n) is 8.13. The lowest BCUT2D eigenvalue weighted by Gasteiger charge is -2.21. The van der Waals surface area contributed by atoms with E-state index in [0.717, 1.165) is 33.5 Å². The fourth-order valence-corrected chi connectivity index (χ4v) is 3.81. The molecule has 32 heavy (non-hydrogen) atoms. The Morgan fingerprint density at radius 2 is 1.91 bits per heavy atom. The van der Waals surface area contributed by atoms with Crippen LogP contribution < -0.4 is 10.2 Å². The van der Waals surface area contributed by atoms with Crippen molar-refractivity contribution in [1.29, 1.82) is 0 Å². The number of amides is 1. The van der Waals surface area contributed by atoms with Crippen LogP contribution in [0.25, 0.3) is 10.9 Å². The predicted octanol–water partition coefficient (Wildman–Crippen LogP) is 3.76. The van der Waals surface area contributed by atoms with Gasteiger partial charge in [-0.05, 0) is 42.7 Å². The zero-order valence-electron chi connectivity index (χ0n) is 18.7. The summed E-state index contributed by atoms with van der Waals surface area (Å²) in [6, 6.07) is 13.8. The molecule has 7 nitrogen and oxygen atoms in total. The molecule has 0 fully saturated rings. The summed E-state index contributed by atoms with van der Waals surface area (Å²) in [5.74, 6) is 1.50. The molecule has 1 amide bonds. The first-order chi connectivity index (χ1) is 15.5. The Balaban J connectivity index is 1.59. The van der Waals surface area contributed by atoms with Gasteiger partial charge in [-0.1, -0.05) is 18.2 Å². The Bertz CT molecular complexity index is 1200.